The Balaban J connectivity index is 1.47. The maximum absolute atomic E-state index is 11.5. The summed E-state index contributed by atoms with van der Waals surface area (Å²) >= 11 is 1.50. The molecular formula is C25H28N6O5S2. The molecule has 7 N–H and O–H groups in total. The SMILES string of the molecule is Cc1nc(NCc2ccc(S(N)(=O)=O)cc2)nc(NC2C[C@H](CO)[C@@H](O)[C@H]2O)c1-c1nc2ccccc2s1. The van der Waals surface area contributed by atoms with Crippen LogP contribution in [0.4, 0.5) is 11.8 Å². The van der Waals surface area contributed by atoms with E-state index in [4.69, 9.17) is 10.1 Å². The van der Waals surface area contributed by atoms with Crippen LogP contribution in [0.1, 0.15) is 17.7 Å². The number of aromatic nitrogens is 3. The van der Waals surface area contributed by atoms with Crippen molar-refractivity contribution < 1.29 is 23.7 Å². The molecule has 0 bridgehead atoms. The number of rotatable bonds is 8. The molecule has 1 aliphatic carbocycles. The first-order chi connectivity index (χ1) is 18.1. The Bertz CT molecular complexity index is 1530. The molecular weight excluding hydrogens is 528 g/mol. The molecule has 200 valence electrons. The normalized spacial score (nSPS) is 21.6. The number of nitrogens with two attached hydrogens (primary N) is 1. The van der Waals surface area contributed by atoms with Gasteiger partial charge in [-0.2, -0.15) is 4.98 Å². The van der Waals surface area contributed by atoms with E-state index in [0.717, 1.165) is 15.8 Å². The number of anilines is 2. The molecule has 38 heavy (non-hydrogen) atoms. The molecule has 0 radical (unpaired) electrons. The molecule has 2 aromatic heterocycles. The smallest absolute Gasteiger partial charge is 0.238 e. The van der Waals surface area contributed by atoms with Gasteiger partial charge in [-0.15, -0.1) is 11.3 Å². The second-order valence-corrected chi connectivity index (χ2v) is 11.9. The van der Waals surface area contributed by atoms with Crippen LogP contribution in [0, 0.1) is 12.8 Å². The quantitative estimate of drug-likeness (QED) is 0.187. The van der Waals surface area contributed by atoms with Crippen LogP contribution in [0.2, 0.25) is 0 Å². The minimum absolute atomic E-state index is 0.0264. The van der Waals surface area contributed by atoms with Crippen LogP contribution in [0.5, 0.6) is 0 Å². The fraction of sp³-hybridized carbons (Fsp3) is 0.320. The third kappa shape index (κ3) is 5.34. The van der Waals surface area contributed by atoms with Gasteiger partial charge >= 0.3 is 0 Å². The van der Waals surface area contributed by atoms with Gasteiger partial charge in [0.15, 0.2) is 0 Å². The molecule has 0 spiro atoms. The molecule has 5 rings (SSSR count). The number of hydrogen-bond donors (Lipinski definition) is 6. The van der Waals surface area contributed by atoms with E-state index in [1.807, 2.05) is 31.2 Å². The van der Waals surface area contributed by atoms with Crippen molar-refractivity contribution in [2.75, 3.05) is 17.2 Å². The molecule has 1 aliphatic rings. The largest absolute Gasteiger partial charge is 0.396 e. The average molecular weight is 557 g/mol. The lowest BCUT2D eigenvalue weighted by Gasteiger charge is -2.21. The van der Waals surface area contributed by atoms with Crippen LogP contribution in [0.3, 0.4) is 0 Å². The van der Waals surface area contributed by atoms with Gasteiger partial charge in [-0.1, -0.05) is 24.3 Å². The topological polar surface area (TPSA) is 184 Å². The molecule has 0 aliphatic heterocycles. The number of thiazole rings is 1. The standard InChI is InChI=1S/C25H28N6O5S2/c1-13-20(24-30-17-4-2-3-5-19(17)37-24)23(29-18-10-15(12-32)21(33)22(18)34)31-25(28-13)27-11-14-6-8-16(9-7-14)38(26,35)36/h2-9,15,18,21-22,32-34H,10-12H2,1H3,(H2,26,35,36)(H2,27,28,29,31)/t15-,18?,21-,22+/m1/s1. The van der Waals surface area contributed by atoms with Gasteiger partial charge in [0, 0.05) is 19.1 Å². The van der Waals surface area contributed by atoms with Gasteiger partial charge in [0.2, 0.25) is 16.0 Å². The lowest BCUT2D eigenvalue weighted by atomic mass is 10.1. The Morgan fingerprint density at radius 1 is 1.05 bits per heavy atom. The first-order valence-corrected chi connectivity index (χ1v) is 14.3. The molecule has 13 heteroatoms. The number of sulfonamides is 1. The number of hydrogen-bond acceptors (Lipinski definition) is 11. The number of aliphatic hydroxyl groups excluding tert-OH is 3. The lowest BCUT2D eigenvalue weighted by molar-refractivity contribution is 0.00446. The number of benzene rings is 2. The van der Waals surface area contributed by atoms with Crippen molar-refractivity contribution in [3.63, 3.8) is 0 Å². The Labute approximate surface area is 223 Å². The maximum atomic E-state index is 11.5. The zero-order valence-corrected chi connectivity index (χ0v) is 22.1. The summed E-state index contributed by atoms with van der Waals surface area (Å²) in [6.07, 6.45) is -1.77. The fourth-order valence-corrected chi connectivity index (χ4v) is 6.17. The summed E-state index contributed by atoms with van der Waals surface area (Å²) in [4.78, 5) is 14.1. The molecule has 2 aromatic carbocycles. The molecule has 2 heterocycles. The maximum Gasteiger partial charge on any atom is 0.238 e. The summed E-state index contributed by atoms with van der Waals surface area (Å²) in [5.74, 6) is 0.310. The van der Waals surface area contributed by atoms with E-state index in [2.05, 4.69) is 20.6 Å². The Kier molecular flexibility index (Phi) is 7.31. The van der Waals surface area contributed by atoms with Gasteiger partial charge in [0.1, 0.15) is 16.9 Å². The van der Waals surface area contributed by atoms with Crippen LogP contribution < -0.4 is 15.8 Å². The van der Waals surface area contributed by atoms with Crippen LogP contribution in [0.25, 0.3) is 20.8 Å². The summed E-state index contributed by atoms with van der Waals surface area (Å²) in [5.41, 5.74) is 2.98. The van der Waals surface area contributed by atoms with Crippen LogP contribution in [0.15, 0.2) is 53.4 Å². The van der Waals surface area contributed by atoms with E-state index >= 15 is 0 Å². The van der Waals surface area contributed by atoms with Crippen molar-refractivity contribution in [3.8, 4) is 10.6 Å². The van der Waals surface area contributed by atoms with E-state index in [1.165, 1.54) is 23.5 Å². The molecule has 0 saturated heterocycles. The number of fused-ring (bicyclic) bond motifs is 1. The number of para-hydroxylation sites is 1. The van der Waals surface area contributed by atoms with E-state index < -0.39 is 34.2 Å². The highest BCUT2D eigenvalue weighted by atomic mass is 32.2. The van der Waals surface area contributed by atoms with Crippen LogP contribution in [-0.2, 0) is 16.6 Å². The van der Waals surface area contributed by atoms with Crippen LogP contribution >= 0.6 is 11.3 Å². The highest BCUT2D eigenvalue weighted by Gasteiger charge is 2.41. The molecule has 11 nitrogen and oxygen atoms in total. The van der Waals surface area contributed by atoms with Gasteiger partial charge < -0.3 is 26.0 Å². The monoisotopic (exact) mass is 556 g/mol. The molecule has 1 unspecified atom stereocenters. The minimum Gasteiger partial charge on any atom is -0.396 e. The zero-order chi connectivity index (χ0) is 27.0. The number of nitrogens with zero attached hydrogens (tertiary/aromatic N) is 3. The third-order valence-corrected chi connectivity index (χ3v) is 8.64. The Morgan fingerprint density at radius 3 is 2.45 bits per heavy atom. The average Bonchev–Trinajstić information content (AvgIpc) is 3.43. The van der Waals surface area contributed by atoms with Crippen molar-refractivity contribution in [2.24, 2.45) is 11.1 Å². The van der Waals surface area contributed by atoms with E-state index in [-0.39, 0.29) is 11.5 Å². The van der Waals surface area contributed by atoms with E-state index in [9.17, 15) is 23.7 Å². The zero-order valence-electron chi connectivity index (χ0n) is 20.4. The third-order valence-electron chi connectivity index (χ3n) is 6.66. The Morgan fingerprint density at radius 2 is 1.79 bits per heavy atom. The summed E-state index contributed by atoms with van der Waals surface area (Å²) in [6, 6.07) is 13.4. The first-order valence-electron chi connectivity index (χ1n) is 12.0. The molecule has 1 fully saturated rings. The van der Waals surface area contributed by atoms with E-state index in [0.29, 0.717) is 41.0 Å². The number of aryl methyl sites for hydroxylation is 1. The predicted octanol–water partition coefficient (Wildman–Crippen LogP) is 1.84. The van der Waals surface area contributed by atoms with Gasteiger partial charge in [0.25, 0.3) is 0 Å². The summed E-state index contributed by atoms with van der Waals surface area (Å²) in [7, 11) is -3.78. The van der Waals surface area contributed by atoms with Gasteiger partial charge in [0.05, 0.1) is 38.5 Å². The summed E-state index contributed by atoms with van der Waals surface area (Å²) in [6.45, 7) is 1.93. The molecule has 4 aromatic rings. The van der Waals surface area contributed by atoms with Gasteiger partial charge in [-0.3, -0.25) is 0 Å². The number of primary sulfonamides is 1. The second-order valence-electron chi connectivity index (χ2n) is 9.30. The van der Waals surface area contributed by atoms with Gasteiger partial charge in [-0.25, -0.2) is 23.5 Å². The first kappa shape index (κ1) is 26.4. The highest BCUT2D eigenvalue weighted by molar-refractivity contribution is 7.89. The summed E-state index contributed by atoms with van der Waals surface area (Å²) < 4.78 is 24.0. The molecule has 4 atom stereocenters. The van der Waals surface area contributed by atoms with Crippen molar-refractivity contribution in [2.45, 2.75) is 43.0 Å². The number of nitrogens with one attached hydrogen (secondary N) is 2. The summed E-state index contributed by atoms with van der Waals surface area (Å²) in [5, 5.41) is 42.9. The lowest BCUT2D eigenvalue weighted by Crippen LogP contribution is -2.35. The second kappa shape index (κ2) is 10.5. The number of aliphatic hydroxyl groups is 3. The van der Waals surface area contributed by atoms with Gasteiger partial charge in [-0.05, 0) is 43.2 Å². The highest BCUT2D eigenvalue weighted by Crippen LogP contribution is 2.38. The van der Waals surface area contributed by atoms with Crippen LogP contribution in [-0.4, -0.2) is 63.5 Å². The molecule has 0 amide bonds. The Hall–Kier alpha value is -3.20. The molecule has 1 saturated carbocycles. The van der Waals surface area contributed by atoms with Crippen molar-refractivity contribution >= 4 is 43.3 Å². The van der Waals surface area contributed by atoms with E-state index in [1.54, 1.807) is 12.1 Å². The predicted molar refractivity (Wildman–Crippen MR) is 145 cm³/mol. The van der Waals surface area contributed by atoms with Crippen molar-refractivity contribution in [3.05, 3.63) is 59.8 Å². The van der Waals surface area contributed by atoms with Crippen molar-refractivity contribution in [1.82, 2.24) is 15.0 Å². The van der Waals surface area contributed by atoms with Crippen molar-refractivity contribution in [1.29, 1.82) is 0 Å². The minimum atomic E-state index is -3.78. The fourth-order valence-electron chi connectivity index (χ4n) is 4.59.